The standard InChI is InChI=1S/C13H19N3O3S/c1-5-15-11(18)10(9(17)7-8-14(3)4)12(19)16(6-2)13(15)20/h7-8,18H,5-6H2,1-4H3. The van der Waals surface area contributed by atoms with Gasteiger partial charge in [0.05, 0.1) is 0 Å². The maximum atomic E-state index is 12.3. The van der Waals surface area contributed by atoms with Gasteiger partial charge in [-0.25, -0.2) is 0 Å². The maximum absolute atomic E-state index is 12.3. The summed E-state index contributed by atoms with van der Waals surface area (Å²) in [5.41, 5.74) is -0.812. The van der Waals surface area contributed by atoms with E-state index in [1.165, 1.54) is 21.4 Å². The Morgan fingerprint density at radius 2 is 1.85 bits per heavy atom. The van der Waals surface area contributed by atoms with Crippen molar-refractivity contribution in [2.75, 3.05) is 14.1 Å². The minimum atomic E-state index is -0.562. The topological polar surface area (TPSA) is 67.5 Å². The van der Waals surface area contributed by atoms with E-state index in [4.69, 9.17) is 12.2 Å². The first-order valence-electron chi connectivity index (χ1n) is 6.30. The van der Waals surface area contributed by atoms with Gasteiger partial charge in [-0.05, 0) is 26.1 Å². The van der Waals surface area contributed by atoms with Crippen molar-refractivity contribution in [1.82, 2.24) is 14.0 Å². The lowest BCUT2D eigenvalue weighted by Crippen LogP contribution is -2.30. The van der Waals surface area contributed by atoms with Gasteiger partial charge in [-0.1, -0.05) is 0 Å². The van der Waals surface area contributed by atoms with E-state index in [-0.39, 0.29) is 16.2 Å². The van der Waals surface area contributed by atoms with E-state index in [9.17, 15) is 14.7 Å². The molecule has 0 unspecified atom stereocenters. The lowest BCUT2D eigenvalue weighted by molar-refractivity contribution is 0.103. The van der Waals surface area contributed by atoms with Crippen LogP contribution in [0.1, 0.15) is 24.2 Å². The normalized spacial score (nSPS) is 11.0. The van der Waals surface area contributed by atoms with E-state index in [0.717, 1.165) is 0 Å². The molecule has 7 heteroatoms. The van der Waals surface area contributed by atoms with Crippen LogP contribution in [-0.4, -0.2) is 39.0 Å². The number of hydrogen-bond acceptors (Lipinski definition) is 5. The van der Waals surface area contributed by atoms with E-state index in [1.807, 2.05) is 0 Å². The van der Waals surface area contributed by atoms with Gasteiger partial charge in [0, 0.05) is 39.5 Å². The predicted molar refractivity (Wildman–Crippen MR) is 79.7 cm³/mol. The number of carbonyl (C=O) groups is 1. The monoisotopic (exact) mass is 297 g/mol. The first kappa shape index (κ1) is 16.2. The molecule has 20 heavy (non-hydrogen) atoms. The summed E-state index contributed by atoms with van der Waals surface area (Å²) in [6, 6.07) is 0. The Hall–Kier alpha value is -1.89. The Morgan fingerprint density at radius 1 is 1.30 bits per heavy atom. The molecule has 1 aromatic heterocycles. The summed E-state index contributed by atoms with van der Waals surface area (Å²) in [5, 5.41) is 10.1. The third-order valence-electron chi connectivity index (χ3n) is 2.80. The zero-order valence-electron chi connectivity index (χ0n) is 12.1. The quantitative estimate of drug-likeness (QED) is 0.505. The van der Waals surface area contributed by atoms with E-state index in [2.05, 4.69) is 0 Å². The first-order valence-corrected chi connectivity index (χ1v) is 6.71. The van der Waals surface area contributed by atoms with Crippen LogP contribution < -0.4 is 5.56 Å². The Balaban J connectivity index is 3.59. The fourth-order valence-corrected chi connectivity index (χ4v) is 2.20. The van der Waals surface area contributed by atoms with E-state index in [1.54, 1.807) is 32.8 Å². The van der Waals surface area contributed by atoms with Gasteiger partial charge in [0.15, 0.2) is 10.6 Å². The van der Waals surface area contributed by atoms with Crippen LogP contribution >= 0.6 is 12.2 Å². The second-order valence-corrected chi connectivity index (χ2v) is 4.78. The molecule has 0 saturated carbocycles. The SMILES string of the molecule is CCn1c(O)c(C(=O)C=CN(C)C)c(=O)n(CC)c1=S. The molecular formula is C13H19N3O3S. The lowest BCUT2D eigenvalue weighted by Gasteiger charge is -2.14. The van der Waals surface area contributed by atoms with Gasteiger partial charge >= 0.3 is 0 Å². The van der Waals surface area contributed by atoms with Crippen LogP contribution in [-0.2, 0) is 13.1 Å². The van der Waals surface area contributed by atoms with Crippen LogP contribution in [0.5, 0.6) is 5.88 Å². The molecule has 0 aliphatic heterocycles. The van der Waals surface area contributed by atoms with Crippen molar-refractivity contribution in [3.05, 3.63) is 33.0 Å². The van der Waals surface area contributed by atoms with E-state index < -0.39 is 11.3 Å². The Bertz CT molecular complexity index is 656. The molecule has 0 radical (unpaired) electrons. The van der Waals surface area contributed by atoms with Crippen molar-refractivity contribution < 1.29 is 9.90 Å². The van der Waals surface area contributed by atoms with Crippen molar-refractivity contribution in [2.24, 2.45) is 0 Å². The maximum Gasteiger partial charge on any atom is 0.269 e. The van der Waals surface area contributed by atoms with Crippen molar-refractivity contribution in [3.8, 4) is 5.88 Å². The average molecular weight is 297 g/mol. The first-order chi connectivity index (χ1) is 9.34. The highest BCUT2D eigenvalue weighted by Crippen LogP contribution is 2.15. The van der Waals surface area contributed by atoms with Gasteiger partial charge < -0.3 is 10.0 Å². The molecule has 0 amide bonds. The van der Waals surface area contributed by atoms with Gasteiger partial charge in [0.1, 0.15) is 5.56 Å². The Morgan fingerprint density at radius 3 is 2.30 bits per heavy atom. The molecular weight excluding hydrogens is 278 g/mol. The van der Waals surface area contributed by atoms with Crippen LogP contribution in [0.4, 0.5) is 0 Å². The molecule has 0 saturated heterocycles. The summed E-state index contributed by atoms with van der Waals surface area (Å²) in [6.07, 6.45) is 2.77. The van der Waals surface area contributed by atoms with Gasteiger partial charge in [-0.2, -0.15) is 0 Å². The van der Waals surface area contributed by atoms with E-state index in [0.29, 0.717) is 13.1 Å². The van der Waals surface area contributed by atoms with Crippen LogP contribution in [0.2, 0.25) is 0 Å². The number of rotatable bonds is 5. The summed E-state index contributed by atoms with van der Waals surface area (Å²) in [6.45, 7) is 4.26. The summed E-state index contributed by atoms with van der Waals surface area (Å²) >= 11 is 5.15. The third-order valence-corrected chi connectivity index (χ3v) is 3.24. The zero-order chi connectivity index (χ0) is 15.4. The molecule has 0 atom stereocenters. The van der Waals surface area contributed by atoms with Crippen molar-refractivity contribution in [2.45, 2.75) is 26.9 Å². The van der Waals surface area contributed by atoms with Gasteiger partial charge in [0.2, 0.25) is 5.88 Å². The second-order valence-electron chi connectivity index (χ2n) is 4.42. The third kappa shape index (κ3) is 2.98. The molecule has 0 aliphatic rings. The van der Waals surface area contributed by atoms with Gasteiger partial charge in [-0.15, -0.1) is 0 Å². The van der Waals surface area contributed by atoms with Crippen LogP contribution in [0.15, 0.2) is 17.1 Å². The van der Waals surface area contributed by atoms with Crippen molar-refractivity contribution in [3.63, 3.8) is 0 Å². The largest absolute Gasteiger partial charge is 0.494 e. The minimum Gasteiger partial charge on any atom is -0.494 e. The Labute approximate surface area is 122 Å². The predicted octanol–water partition coefficient (Wildman–Crippen LogP) is 1.38. The molecule has 0 aromatic carbocycles. The molecule has 1 N–H and O–H groups in total. The highest BCUT2D eigenvalue weighted by Gasteiger charge is 2.20. The molecule has 1 aromatic rings. The second kappa shape index (κ2) is 6.51. The number of hydrogen-bond donors (Lipinski definition) is 1. The fraction of sp³-hybridized carbons (Fsp3) is 0.462. The van der Waals surface area contributed by atoms with Crippen LogP contribution in [0.3, 0.4) is 0 Å². The van der Waals surface area contributed by atoms with Crippen molar-refractivity contribution >= 4 is 18.0 Å². The summed E-state index contributed by atoms with van der Waals surface area (Å²) in [7, 11) is 3.51. The zero-order valence-corrected chi connectivity index (χ0v) is 12.9. The number of aromatic nitrogens is 2. The molecule has 1 rings (SSSR count). The highest BCUT2D eigenvalue weighted by atomic mass is 32.1. The van der Waals surface area contributed by atoms with E-state index >= 15 is 0 Å². The summed E-state index contributed by atoms with van der Waals surface area (Å²) in [5.74, 6) is -0.916. The number of carbonyl (C=O) groups excluding carboxylic acids is 1. The fourth-order valence-electron chi connectivity index (χ4n) is 1.77. The van der Waals surface area contributed by atoms with Gasteiger partial charge in [0.25, 0.3) is 5.56 Å². The summed E-state index contributed by atoms with van der Waals surface area (Å²) in [4.78, 5) is 26.0. The molecule has 0 fully saturated rings. The average Bonchev–Trinajstić information content (AvgIpc) is 2.37. The number of allylic oxidation sites excluding steroid dienone is 1. The smallest absolute Gasteiger partial charge is 0.269 e. The Kier molecular flexibility index (Phi) is 5.26. The lowest BCUT2D eigenvalue weighted by atomic mass is 10.2. The number of nitrogens with zero attached hydrogens (tertiary/aromatic N) is 3. The van der Waals surface area contributed by atoms with Crippen LogP contribution in [0, 0.1) is 4.77 Å². The number of ketones is 1. The van der Waals surface area contributed by atoms with Gasteiger partial charge in [-0.3, -0.25) is 18.7 Å². The van der Waals surface area contributed by atoms with Crippen LogP contribution in [0.25, 0.3) is 0 Å². The molecule has 0 spiro atoms. The van der Waals surface area contributed by atoms with Crippen molar-refractivity contribution in [1.29, 1.82) is 0 Å². The molecule has 6 nitrogen and oxygen atoms in total. The summed E-state index contributed by atoms with van der Waals surface area (Å²) < 4.78 is 2.89. The highest BCUT2D eigenvalue weighted by molar-refractivity contribution is 7.71. The molecule has 0 aliphatic carbocycles. The molecule has 0 bridgehead atoms. The minimum absolute atomic E-state index is 0.214. The molecule has 110 valence electrons. The molecule has 1 heterocycles. The number of aromatic hydroxyl groups is 1.